The lowest BCUT2D eigenvalue weighted by Gasteiger charge is -2.49. The molecule has 1 aromatic rings. The summed E-state index contributed by atoms with van der Waals surface area (Å²) < 4.78 is 1.95. The molecule has 27 heavy (non-hydrogen) atoms. The first-order valence-electron chi connectivity index (χ1n) is 9.42. The number of amides is 1. The molecular formula is C18H32IN7O. The van der Waals surface area contributed by atoms with Crippen LogP contribution in [0.5, 0.6) is 0 Å². The van der Waals surface area contributed by atoms with Crippen molar-refractivity contribution in [3.05, 3.63) is 11.6 Å². The van der Waals surface area contributed by atoms with E-state index < -0.39 is 0 Å². The minimum Gasteiger partial charge on any atom is -0.353 e. The van der Waals surface area contributed by atoms with E-state index in [0.29, 0.717) is 19.1 Å². The molecule has 0 spiro atoms. The molecule has 0 atom stereocenters. The second kappa shape index (κ2) is 8.32. The van der Waals surface area contributed by atoms with E-state index in [4.69, 9.17) is 4.99 Å². The molecule has 1 saturated carbocycles. The van der Waals surface area contributed by atoms with Crippen LogP contribution < -0.4 is 5.32 Å². The number of rotatable bonds is 4. The minimum atomic E-state index is -0.239. The minimum absolute atomic E-state index is 0. The molecule has 2 aliphatic rings. The van der Waals surface area contributed by atoms with Crippen LogP contribution >= 0.6 is 24.0 Å². The summed E-state index contributed by atoms with van der Waals surface area (Å²) in [5.74, 6) is 2.65. The zero-order valence-corrected chi connectivity index (χ0v) is 19.5. The van der Waals surface area contributed by atoms with Crippen molar-refractivity contribution in [1.29, 1.82) is 0 Å². The van der Waals surface area contributed by atoms with Crippen LogP contribution in [0.4, 0.5) is 0 Å². The lowest BCUT2D eigenvalue weighted by Crippen LogP contribution is -2.66. The molecule has 9 heteroatoms. The maximum Gasteiger partial charge on any atom is 0.242 e. The van der Waals surface area contributed by atoms with Crippen molar-refractivity contribution < 1.29 is 4.79 Å². The van der Waals surface area contributed by atoms with Gasteiger partial charge in [-0.05, 0) is 47.5 Å². The van der Waals surface area contributed by atoms with Gasteiger partial charge in [0.25, 0.3) is 0 Å². The molecule has 8 nitrogen and oxygen atoms in total. The highest BCUT2D eigenvalue weighted by Gasteiger charge is 2.41. The number of aliphatic imine (C=N–C) groups is 1. The van der Waals surface area contributed by atoms with Gasteiger partial charge in [0.05, 0.1) is 12.1 Å². The zero-order chi connectivity index (χ0) is 19.1. The summed E-state index contributed by atoms with van der Waals surface area (Å²) in [4.78, 5) is 21.6. The van der Waals surface area contributed by atoms with Gasteiger partial charge < -0.3 is 19.7 Å². The normalized spacial score (nSPS) is 20.1. The monoisotopic (exact) mass is 489 g/mol. The van der Waals surface area contributed by atoms with Crippen LogP contribution in [-0.4, -0.2) is 67.1 Å². The number of hydrogen-bond donors (Lipinski definition) is 1. The Labute approximate surface area is 178 Å². The molecule has 1 aromatic heterocycles. The van der Waals surface area contributed by atoms with Gasteiger partial charge >= 0.3 is 0 Å². The smallest absolute Gasteiger partial charge is 0.242 e. The predicted molar refractivity (Wildman–Crippen MR) is 116 cm³/mol. The topological polar surface area (TPSA) is 78.7 Å². The van der Waals surface area contributed by atoms with E-state index >= 15 is 0 Å². The lowest BCUT2D eigenvalue weighted by molar-refractivity contribution is -0.145. The molecule has 1 N–H and O–H groups in total. The number of nitrogens with zero attached hydrogens (tertiary/aromatic N) is 6. The maximum atomic E-state index is 12.8. The van der Waals surface area contributed by atoms with Crippen molar-refractivity contribution in [1.82, 2.24) is 29.9 Å². The molecule has 152 valence electrons. The Morgan fingerprint density at radius 1 is 1.33 bits per heavy atom. The third-order valence-electron chi connectivity index (χ3n) is 5.10. The molecular weight excluding hydrogens is 457 g/mol. The highest BCUT2D eigenvalue weighted by atomic mass is 127. The molecule has 1 aliphatic heterocycles. The third kappa shape index (κ3) is 4.91. The highest BCUT2D eigenvalue weighted by Crippen LogP contribution is 2.26. The van der Waals surface area contributed by atoms with E-state index in [1.165, 1.54) is 0 Å². The number of guanidine groups is 1. The number of halogens is 1. The Kier molecular flexibility index (Phi) is 6.75. The second-order valence-electron chi connectivity index (χ2n) is 8.31. The molecule has 1 saturated heterocycles. The van der Waals surface area contributed by atoms with Crippen molar-refractivity contribution >= 4 is 35.8 Å². The Morgan fingerprint density at radius 2 is 2.00 bits per heavy atom. The van der Waals surface area contributed by atoms with Gasteiger partial charge in [0.1, 0.15) is 12.4 Å². The summed E-state index contributed by atoms with van der Waals surface area (Å²) in [6.45, 7) is 11.9. The van der Waals surface area contributed by atoms with Crippen LogP contribution in [0.2, 0.25) is 0 Å². The number of aromatic nitrogens is 3. The SMILES string of the molecule is Cc1nnc(CN=C(NC2CC2)N2CC(=O)N(C(C)C)C(C)(C)C2)n1C.I. The standard InChI is InChI=1S/C18H31N7O.HI/c1-12(2)25-16(26)10-24(11-18(25,4)5)17(20-14-7-8-14)19-9-15-22-21-13(3)23(15)6;/h12,14H,7-11H2,1-6H3,(H,19,20);1H. The Hall–Kier alpha value is -1.39. The van der Waals surface area contributed by atoms with Crippen molar-refractivity contribution in [2.75, 3.05) is 13.1 Å². The summed E-state index contributed by atoms with van der Waals surface area (Å²) in [5.41, 5.74) is -0.239. The molecule has 3 rings (SSSR count). The van der Waals surface area contributed by atoms with E-state index in [0.717, 1.165) is 37.0 Å². The second-order valence-corrected chi connectivity index (χ2v) is 8.31. The van der Waals surface area contributed by atoms with E-state index in [2.05, 4.69) is 48.1 Å². The summed E-state index contributed by atoms with van der Waals surface area (Å²) in [6.07, 6.45) is 2.32. The van der Waals surface area contributed by atoms with Crippen molar-refractivity contribution in [2.24, 2.45) is 12.0 Å². The first kappa shape index (κ1) is 21.9. The van der Waals surface area contributed by atoms with Gasteiger partial charge in [-0.15, -0.1) is 34.2 Å². The number of hydrogen-bond acceptors (Lipinski definition) is 4. The predicted octanol–water partition coefficient (Wildman–Crippen LogP) is 1.68. The number of piperazine rings is 1. The van der Waals surface area contributed by atoms with Gasteiger partial charge in [-0.25, -0.2) is 4.99 Å². The molecule has 0 aromatic carbocycles. The Morgan fingerprint density at radius 3 is 2.48 bits per heavy atom. The summed E-state index contributed by atoms with van der Waals surface area (Å²) in [7, 11) is 1.95. The van der Waals surface area contributed by atoms with Crippen LogP contribution in [0, 0.1) is 6.92 Å². The molecule has 2 fully saturated rings. The van der Waals surface area contributed by atoms with Gasteiger partial charge in [-0.1, -0.05) is 0 Å². The fraction of sp³-hybridized carbons (Fsp3) is 0.778. The molecule has 0 bridgehead atoms. The number of nitrogens with one attached hydrogen (secondary N) is 1. The van der Waals surface area contributed by atoms with Crippen molar-refractivity contribution in [3.63, 3.8) is 0 Å². The quantitative estimate of drug-likeness (QED) is 0.396. The number of carbonyl (C=O) groups excluding carboxylic acids is 1. The Bertz CT molecular complexity index is 709. The van der Waals surface area contributed by atoms with Gasteiger partial charge in [0.2, 0.25) is 5.91 Å². The van der Waals surface area contributed by atoms with Gasteiger partial charge in [0, 0.05) is 25.7 Å². The van der Waals surface area contributed by atoms with Crippen molar-refractivity contribution in [2.45, 2.75) is 71.6 Å². The fourth-order valence-corrected chi connectivity index (χ4v) is 3.69. The average Bonchev–Trinajstić information content (AvgIpc) is 3.29. The highest BCUT2D eigenvalue weighted by molar-refractivity contribution is 14.0. The molecule has 1 amide bonds. The Balaban J connectivity index is 0.00000261. The third-order valence-corrected chi connectivity index (χ3v) is 5.10. The van der Waals surface area contributed by atoms with E-state index in [1.54, 1.807) is 0 Å². The van der Waals surface area contributed by atoms with E-state index in [9.17, 15) is 4.79 Å². The van der Waals surface area contributed by atoms with Crippen LogP contribution in [0.15, 0.2) is 4.99 Å². The van der Waals surface area contributed by atoms with Crippen LogP contribution in [0.25, 0.3) is 0 Å². The zero-order valence-electron chi connectivity index (χ0n) is 17.2. The van der Waals surface area contributed by atoms with Crippen LogP contribution in [0.3, 0.4) is 0 Å². The van der Waals surface area contributed by atoms with Gasteiger partial charge in [0.15, 0.2) is 11.8 Å². The number of aryl methyl sites for hydroxylation is 1. The summed E-state index contributed by atoms with van der Waals surface area (Å²) >= 11 is 0. The van der Waals surface area contributed by atoms with Gasteiger partial charge in [-0.2, -0.15) is 0 Å². The fourth-order valence-electron chi connectivity index (χ4n) is 3.69. The van der Waals surface area contributed by atoms with E-state index in [1.807, 2.05) is 23.4 Å². The molecule has 1 aliphatic carbocycles. The van der Waals surface area contributed by atoms with E-state index in [-0.39, 0.29) is 41.5 Å². The maximum absolute atomic E-state index is 12.8. The molecule has 0 radical (unpaired) electrons. The molecule has 2 heterocycles. The van der Waals surface area contributed by atoms with Crippen LogP contribution in [0.1, 0.15) is 52.2 Å². The lowest BCUT2D eigenvalue weighted by atomic mass is 9.96. The largest absolute Gasteiger partial charge is 0.353 e. The van der Waals surface area contributed by atoms with Gasteiger partial charge in [-0.3, -0.25) is 4.79 Å². The van der Waals surface area contributed by atoms with Crippen molar-refractivity contribution in [3.8, 4) is 0 Å². The first-order chi connectivity index (χ1) is 12.2. The number of carbonyl (C=O) groups is 1. The average molecular weight is 489 g/mol. The summed E-state index contributed by atoms with van der Waals surface area (Å²) in [6, 6.07) is 0.661. The first-order valence-corrected chi connectivity index (χ1v) is 9.42. The molecule has 0 unspecified atom stereocenters. The van der Waals surface area contributed by atoms with Crippen LogP contribution in [-0.2, 0) is 18.4 Å². The summed E-state index contributed by atoms with van der Waals surface area (Å²) in [5, 5.41) is 11.8.